The molecule has 0 aliphatic heterocycles. The molecule has 4 atom stereocenters. The van der Waals surface area contributed by atoms with Crippen molar-refractivity contribution in [3.8, 4) is 0 Å². The molecule has 3 aliphatic carbocycles. The summed E-state index contributed by atoms with van der Waals surface area (Å²) in [7, 11) is 0. The van der Waals surface area contributed by atoms with Gasteiger partial charge in [0.1, 0.15) is 6.10 Å². The van der Waals surface area contributed by atoms with E-state index in [1.165, 1.54) is 43.9 Å². The molecule has 0 bridgehead atoms. The first kappa shape index (κ1) is 29.8. The smallest absolute Gasteiger partial charge is 0.340 e. The zero-order chi connectivity index (χ0) is 28.9. The van der Waals surface area contributed by atoms with E-state index in [1.807, 2.05) is 6.26 Å². The summed E-state index contributed by atoms with van der Waals surface area (Å²) >= 11 is 1.33. The van der Waals surface area contributed by atoms with E-state index in [9.17, 15) is 14.4 Å². The normalized spacial score (nSPS) is 23.5. The number of hydrogen-bond donors (Lipinski definition) is 1. The molecule has 2 fully saturated rings. The van der Waals surface area contributed by atoms with Crippen LogP contribution in [0.3, 0.4) is 0 Å². The molecule has 0 saturated heterocycles. The fourth-order valence-corrected chi connectivity index (χ4v) is 7.66. The number of unbranched alkanes of at least 4 members (excludes halogenated alkanes) is 5. The first-order valence-electron chi connectivity index (χ1n) is 15.4. The van der Waals surface area contributed by atoms with Crippen LogP contribution in [-0.2, 0) is 9.47 Å². The van der Waals surface area contributed by atoms with Gasteiger partial charge >= 0.3 is 5.97 Å². The van der Waals surface area contributed by atoms with E-state index in [0.717, 1.165) is 51.6 Å². The van der Waals surface area contributed by atoms with Gasteiger partial charge in [0.05, 0.1) is 22.9 Å². The Morgan fingerprint density at radius 1 is 0.878 bits per heavy atom. The Kier molecular flexibility index (Phi) is 9.87. The van der Waals surface area contributed by atoms with Gasteiger partial charge in [-0.1, -0.05) is 63.3 Å². The van der Waals surface area contributed by atoms with E-state index in [4.69, 9.17) is 15.2 Å². The van der Waals surface area contributed by atoms with Crippen molar-refractivity contribution in [3.05, 3.63) is 58.1 Å². The Morgan fingerprint density at radius 2 is 1.49 bits per heavy atom. The molecule has 0 spiro atoms. The molecule has 3 aliphatic rings. The lowest BCUT2D eigenvalue weighted by molar-refractivity contribution is -0.0406. The molecule has 0 aromatic heterocycles. The molecule has 7 heteroatoms. The molecule has 2 unspecified atom stereocenters. The highest BCUT2D eigenvalue weighted by Crippen LogP contribution is 2.43. The van der Waals surface area contributed by atoms with Crippen LogP contribution in [-0.4, -0.2) is 42.6 Å². The van der Waals surface area contributed by atoms with Crippen molar-refractivity contribution in [1.29, 1.82) is 0 Å². The number of benzene rings is 2. The molecular weight excluding hydrogens is 534 g/mol. The molecule has 0 radical (unpaired) electrons. The average Bonchev–Trinajstić information content (AvgIpc) is 2.99. The minimum atomic E-state index is -0.515. The summed E-state index contributed by atoms with van der Waals surface area (Å²) in [5.41, 5.74) is 7.74. The van der Waals surface area contributed by atoms with Gasteiger partial charge in [-0.25, -0.2) is 4.79 Å². The second-order valence-corrected chi connectivity index (χ2v) is 12.8. The topological polar surface area (TPSA) is 95.7 Å². The monoisotopic (exact) mass is 577 g/mol. The number of anilines is 1. The summed E-state index contributed by atoms with van der Waals surface area (Å²) < 4.78 is 12.3. The van der Waals surface area contributed by atoms with Crippen molar-refractivity contribution in [2.45, 2.75) is 101 Å². The number of ether oxygens (including phenoxy) is 2. The van der Waals surface area contributed by atoms with Gasteiger partial charge in [0, 0.05) is 28.2 Å². The summed E-state index contributed by atoms with van der Waals surface area (Å²) in [6, 6.07) is 8.39. The third kappa shape index (κ3) is 6.41. The quantitative estimate of drug-likeness (QED) is 0.108. The van der Waals surface area contributed by atoms with Gasteiger partial charge in [-0.05, 0) is 69.1 Å². The number of esters is 1. The number of carbonyl (C=O) groups excluding carboxylic acids is 3. The van der Waals surface area contributed by atoms with Crippen LogP contribution in [0.25, 0.3) is 0 Å². The number of nitrogens with two attached hydrogens (primary N) is 1. The lowest BCUT2D eigenvalue weighted by Gasteiger charge is -2.41. The van der Waals surface area contributed by atoms with Crippen molar-refractivity contribution in [2.75, 3.05) is 18.6 Å². The molecule has 0 amide bonds. The second kappa shape index (κ2) is 13.6. The Hall–Kier alpha value is -2.64. The highest BCUT2D eigenvalue weighted by Gasteiger charge is 2.39. The van der Waals surface area contributed by atoms with Crippen molar-refractivity contribution in [1.82, 2.24) is 0 Å². The molecular formula is C34H43NO5S. The minimum absolute atomic E-state index is 0.0346. The summed E-state index contributed by atoms with van der Waals surface area (Å²) in [4.78, 5) is 40.7. The molecule has 2 aromatic carbocycles. The summed E-state index contributed by atoms with van der Waals surface area (Å²) in [6.07, 6.45) is 15.7. The number of fused-ring (bicyclic) bond motifs is 3. The Bertz CT molecular complexity index is 1290. The van der Waals surface area contributed by atoms with Gasteiger partial charge in [0.2, 0.25) is 0 Å². The van der Waals surface area contributed by atoms with Crippen LogP contribution in [0.15, 0.2) is 35.2 Å². The van der Waals surface area contributed by atoms with E-state index in [0.29, 0.717) is 34.0 Å². The summed E-state index contributed by atoms with van der Waals surface area (Å²) in [6.45, 7) is 3.12. The zero-order valence-corrected chi connectivity index (χ0v) is 25.2. The van der Waals surface area contributed by atoms with Gasteiger partial charge < -0.3 is 15.2 Å². The van der Waals surface area contributed by atoms with Gasteiger partial charge in [0.25, 0.3) is 0 Å². The number of hydrogen-bond acceptors (Lipinski definition) is 7. The summed E-state index contributed by atoms with van der Waals surface area (Å²) in [5, 5.41) is 0. The number of nitrogen functional groups attached to an aromatic ring is 1. The minimum Gasteiger partial charge on any atom is -0.459 e. The van der Waals surface area contributed by atoms with Crippen LogP contribution in [0.4, 0.5) is 5.69 Å². The van der Waals surface area contributed by atoms with Crippen LogP contribution in [0.2, 0.25) is 0 Å². The van der Waals surface area contributed by atoms with Crippen LogP contribution >= 0.6 is 11.8 Å². The van der Waals surface area contributed by atoms with Crippen LogP contribution in [0.1, 0.15) is 126 Å². The van der Waals surface area contributed by atoms with E-state index >= 15 is 0 Å². The molecule has 6 nitrogen and oxygen atoms in total. The molecule has 2 aromatic rings. The first-order chi connectivity index (χ1) is 19.9. The van der Waals surface area contributed by atoms with Gasteiger partial charge in [-0.3, -0.25) is 9.59 Å². The van der Waals surface area contributed by atoms with Crippen molar-refractivity contribution < 1.29 is 23.9 Å². The maximum absolute atomic E-state index is 13.4. The predicted octanol–water partition coefficient (Wildman–Crippen LogP) is 7.64. The lowest BCUT2D eigenvalue weighted by Crippen LogP contribution is -2.37. The van der Waals surface area contributed by atoms with Gasteiger partial charge in [0.15, 0.2) is 11.6 Å². The maximum Gasteiger partial charge on any atom is 0.340 e. The molecule has 2 saturated carbocycles. The number of carbonyl (C=O) groups is 3. The van der Waals surface area contributed by atoms with Crippen LogP contribution in [0, 0.1) is 11.8 Å². The SMILES string of the molecule is CCCCCCCCOC1CCC2C[C@H](OC(=O)c3cc(SC)c4c(c3N)C(=O)c3ccccc3C4=O)CC[C@@H]2C1. The fraction of sp³-hybridized carbons (Fsp3) is 0.559. The fourth-order valence-electron chi connectivity index (χ4n) is 7.02. The van der Waals surface area contributed by atoms with Gasteiger partial charge in [-0.15, -0.1) is 11.8 Å². The number of rotatable bonds is 11. The standard InChI is InChI=1S/C34H43NO5S/c1-3-4-5-6-7-10-17-39-23-15-13-22-19-24(16-14-21(22)18-23)40-34(38)27-20-28(41-2)29-30(31(27)35)33(37)26-12-9-8-11-25(26)32(29)36/h8-9,11-12,20-24H,3-7,10,13-19,35H2,1-2H3/t21-,22?,23?,24-/m1/s1. The van der Waals surface area contributed by atoms with E-state index < -0.39 is 5.97 Å². The third-order valence-corrected chi connectivity index (χ3v) is 10.0. The Morgan fingerprint density at radius 3 is 2.17 bits per heavy atom. The van der Waals surface area contributed by atoms with E-state index in [1.54, 1.807) is 30.3 Å². The number of ketones is 2. The van der Waals surface area contributed by atoms with Crippen molar-refractivity contribution in [2.24, 2.45) is 11.8 Å². The average molecular weight is 578 g/mol. The van der Waals surface area contributed by atoms with E-state index in [-0.39, 0.29) is 40.0 Å². The second-order valence-electron chi connectivity index (χ2n) is 11.9. The summed E-state index contributed by atoms with van der Waals surface area (Å²) in [5.74, 6) is 0.0754. The Balaban J connectivity index is 1.19. The molecule has 0 heterocycles. The molecule has 2 N–H and O–H groups in total. The van der Waals surface area contributed by atoms with Crippen LogP contribution in [0.5, 0.6) is 0 Å². The zero-order valence-electron chi connectivity index (χ0n) is 24.4. The molecule has 41 heavy (non-hydrogen) atoms. The van der Waals surface area contributed by atoms with Crippen molar-refractivity contribution in [3.63, 3.8) is 0 Å². The molecule has 5 rings (SSSR count). The first-order valence-corrected chi connectivity index (χ1v) is 16.7. The Labute approximate surface area is 248 Å². The highest BCUT2D eigenvalue weighted by atomic mass is 32.2. The van der Waals surface area contributed by atoms with Crippen LogP contribution < -0.4 is 5.73 Å². The van der Waals surface area contributed by atoms with E-state index in [2.05, 4.69) is 6.92 Å². The third-order valence-electron chi connectivity index (χ3n) is 9.28. The number of thioether (sulfide) groups is 1. The molecule has 220 valence electrons. The maximum atomic E-state index is 13.4. The van der Waals surface area contributed by atoms with Gasteiger partial charge in [-0.2, -0.15) is 0 Å². The highest BCUT2D eigenvalue weighted by molar-refractivity contribution is 7.98. The lowest BCUT2D eigenvalue weighted by atomic mass is 9.69. The van der Waals surface area contributed by atoms with Crippen molar-refractivity contribution >= 4 is 35.0 Å². The predicted molar refractivity (Wildman–Crippen MR) is 163 cm³/mol. The largest absolute Gasteiger partial charge is 0.459 e.